The molecule has 0 amide bonds. The Morgan fingerprint density at radius 2 is 2.00 bits per heavy atom. The Hall–Kier alpha value is -1.76. The van der Waals surface area contributed by atoms with E-state index in [9.17, 15) is 13.2 Å². The van der Waals surface area contributed by atoms with Crippen LogP contribution in [0.25, 0.3) is 5.57 Å². The molecule has 0 heterocycles. The van der Waals surface area contributed by atoms with Gasteiger partial charge in [-0.05, 0) is 37.1 Å². The zero-order valence-electron chi connectivity index (χ0n) is 8.89. The second kappa shape index (κ2) is 4.40. The summed E-state index contributed by atoms with van der Waals surface area (Å²) in [5.74, 6) is 0. The third kappa shape index (κ3) is 2.43. The van der Waals surface area contributed by atoms with Crippen LogP contribution in [0.5, 0.6) is 0 Å². The van der Waals surface area contributed by atoms with E-state index in [0.29, 0.717) is 5.56 Å². The van der Waals surface area contributed by atoms with Crippen LogP contribution in [-0.2, 0) is 6.18 Å². The van der Waals surface area contributed by atoms with E-state index >= 15 is 0 Å². The van der Waals surface area contributed by atoms with Gasteiger partial charge in [0.25, 0.3) is 0 Å². The van der Waals surface area contributed by atoms with Gasteiger partial charge in [-0.2, -0.15) is 18.4 Å². The van der Waals surface area contributed by atoms with Crippen molar-refractivity contribution in [3.63, 3.8) is 0 Å². The molecular weight excluding hydrogens is 215 g/mol. The number of benzene rings is 1. The minimum atomic E-state index is -4.41. The molecule has 1 nitrogen and oxygen atoms in total. The van der Waals surface area contributed by atoms with E-state index in [-0.39, 0.29) is 5.56 Å². The molecule has 0 spiro atoms. The van der Waals surface area contributed by atoms with E-state index in [0.717, 1.165) is 17.7 Å². The van der Waals surface area contributed by atoms with E-state index in [2.05, 4.69) is 0 Å². The van der Waals surface area contributed by atoms with E-state index in [1.807, 2.05) is 0 Å². The fourth-order valence-electron chi connectivity index (χ4n) is 1.31. The van der Waals surface area contributed by atoms with Crippen LogP contribution < -0.4 is 0 Å². The molecule has 0 aliphatic rings. The third-order valence-electron chi connectivity index (χ3n) is 2.33. The molecule has 0 saturated heterocycles. The zero-order valence-corrected chi connectivity index (χ0v) is 8.89. The van der Waals surface area contributed by atoms with Gasteiger partial charge >= 0.3 is 6.18 Å². The number of hydrogen-bond acceptors (Lipinski definition) is 1. The standard InChI is InChI=1S/C12H10F3N/c1-3-8(2)11-5-4-10(12(13,14)15)6-9(11)7-16/h3-6H,1-2H3/b8-3+. The molecule has 0 unspecified atom stereocenters. The van der Waals surface area contributed by atoms with Crippen LogP contribution in [0.1, 0.15) is 30.5 Å². The maximum absolute atomic E-state index is 12.4. The smallest absolute Gasteiger partial charge is 0.192 e. The van der Waals surface area contributed by atoms with Crippen LogP contribution >= 0.6 is 0 Å². The van der Waals surface area contributed by atoms with Gasteiger partial charge < -0.3 is 0 Å². The Morgan fingerprint density at radius 1 is 1.38 bits per heavy atom. The van der Waals surface area contributed by atoms with Gasteiger partial charge in [-0.1, -0.05) is 12.1 Å². The summed E-state index contributed by atoms with van der Waals surface area (Å²) in [5, 5.41) is 8.81. The van der Waals surface area contributed by atoms with Crippen LogP contribution in [0.15, 0.2) is 24.3 Å². The van der Waals surface area contributed by atoms with Crippen LogP contribution in [0.4, 0.5) is 13.2 Å². The van der Waals surface area contributed by atoms with Crippen LogP contribution in [0, 0.1) is 11.3 Å². The summed E-state index contributed by atoms with van der Waals surface area (Å²) < 4.78 is 37.2. The number of rotatable bonds is 1. The molecule has 0 atom stereocenters. The molecule has 0 fully saturated rings. The monoisotopic (exact) mass is 225 g/mol. The molecular formula is C12H10F3N. The number of allylic oxidation sites excluding steroid dienone is 2. The lowest BCUT2D eigenvalue weighted by molar-refractivity contribution is -0.137. The van der Waals surface area contributed by atoms with Gasteiger partial charge in [-0.15, -0.1) is 0 Å². The fourth-order valence-corrected chi connectivity index (χ4v) is 1.31. The molecule has 0 radical (unpaired) electrons. The van der Waals surface area contributed by atoms with Crippen molar-refractivity contribution >= 4 is 5.57 Å². The lowest BCUT2D eigenvalue weighted by Gasteiger charge is -2.09. The van der Waals surface area contributed by atoms with Gasteiger partial charge in [0.1, 0.15) is 0 Å². The molecule has 0 bridgehead atoms. The molecule has 0 saturated carbocycles. The Bertz CT molecular complexity index is 464. The molecule has 16 heavy (non-hydrogen) atoms. The molecule has 4 heteroatoms. The number of halogens is 3. The molecule has 0 aliphatic heterocycles. The van der Waals surface area contributed by atoms with Crippen molar-refractivity contribution in [3.05, 3.63) is 41.0 Å². The zero-order chi connectivity index (χ0) is 12.3. The lowest BCUT2D eigenvalue weighted by atomic mass is 9.99. The fraction of sp³-hybridized carbons (Fsp3) is 0.250. The van der Waals surface area contributed by atoms with Gasteiger partial charge in [0.15, 0.2) is 0 Å². The van der Waals surface area contributed by atoms with E-state index in [1.54, 1.807) is 26.0 Å². The molecule has 1 aromatic carbocycles. The second-order valence-corrected chi connectivity index (χ2v) is 3.34. The first-order chi connectivity index (χ1) is 7.40. The Kier molecular flexibility index (Phi) is 3.38. The number of nitriles is 1. The predicted molar refractivity (Wildman–Crippen MR) is 55.5 cm³/mol. The normalized spacial score (nSPS) is 12.4. The van der Waals surface area contributed by atoms with Crippen molar-refractivity contribution < 1.29 is 13.2 Å². The first kappa shape index (κ1) is 12.3. The van der Waals surface area contributed by atoms with Crippen LogP contribution in [0.2, 0.25) is 0 Å². The minimum Gasteiger partial charge on any atom is -0.192 e. The minimum absolute atomic E-state index is 0.0467. The highest BCUT2D eigenvalue weighted by Gasteiger charge is 2.31. The summed E-state index contributed by atoms with van der Waals surface area (Å²) in [5.41, 5.74) is 0.574. The van der Waals surface area contributed by atoms with E-state index in [4.69, 9.17) is 5.26 Å². The second-order valence-electron chi connectivity index (χ2n) is 3.34. The number of alkyl halides is 3. The predicted octanol–water partition coefficient (Wildman–Crippen LogP) is 4.00. The van der Waals surface area contributed by atoms with Crippen LogP contribution in [0.3, 0.4) is 0 Å². The highest BCUT2D eigenvalue weighted by Crippen LogP contribution is 2.31. The Labute approximate surface area is 91.8 Å². The third-order valence-corrected chi connectivity index (χ3v) is 2.33. The summed E-state index contributed by atoms with van der Waals surface area (Å²) >= 11 is 0. The maximum atomic E-state index is 12.4. The van der Waals surface area contributed by atoms with E-state index < -0.39 is 11.7 Å². The summed E-state index contributed by atoms with van der Waals surface area (Å²) in [6.07, 6.45) is -2.66. The highest BCUT2D eigenvalue weighted by atomic mass is 19.4. The summed E-state index contributed by atoms with van der Waals surface area (Å²) in [6, 6.07) is 4.98. The summed E-state index contributed by atoms with van der Waals surface area (Å²) in [4.78, 5) is 0. The average Bonchev–Trinajstić information content (AvgIpc) is 2.26. The van der Waals surface area contributed by atoms with Crippen molar-refractivity contribution in [2.75, 3.05) is 0 Å². The van der Waals surface area contributed by atoms with Crippen molar-refractivity contribution in [2.24, 2.45) is 0 Å². The van der Waals surface area contributed by atoms with Crippen molar-refractivity contribution in [3.8, 4) is 6.07 Å². The first-order valence-corrected chi connectivity index (χ1v) is 4.64. The number of hydrogen-bond donors (Lipinski definition) is 0. The average molecular weight is 225 g/mol. The molecule has 1 rings (SSSR count). The van der Waals surface area contributed by atoms with Crippen molar-refractivity contribution in [1.29, 1.82) is 5.26 Å². The van der Waals surface area contributed by atoms with E-state index in [1.165, 1.54) is 6.07 Å². The Morgan fingerprint density at radius 3 is 2.44 bits per heavy atom. The summed E-state index contributed by atoms with van der Waals surface area (Å²) in [7, 11) is 0. The lowest BCUT2D eigenvalue weighted by Crippen LogP contribution is -2.05. The topological polar surface area (TPSA) is 23.8 Å². The van der Waals surface area contributed by atoms with Gasteiger partial charge in [0.05, 0.1) is 17.2 Å². The quantitative estimate of drug-likeness (QED) is 0.708. The Balaban J connectivity index is 3.35. The van der Waals surface area contributed by atoms with Gasteiger partial charge in [0.2, 0.25) is 0 Å². The van der Waals surface area contributed by atoms with Gasteiger partial charge in [-0.3, -0.25) is 0 Å². The van der Waals surface area contributed by atoms with Crippen LogP contribution in [-0.4, -0.2) is 0 Å². The number of nitrogens with zero attached hydrogens (tertiary/aromatic N) is 1. The molecule has 1 aromatic rings. The summed E-state index contributed by atoms with van der Waals surface area (Å²) in [6.45, 7) is 3.53. The first-order valence-electron chi connectivity index (χ1n) is 4.64. The molecule has 84 valence electrons. The SMILES string of the molecule is C/C=C(\C)c1ccc(C(F)(F)F)cc1C#N. The van der Waals surface area contributed by atoms with Gasteiger partial charge in [0, 0.05) is 0 Å². The molecule has 0 aromatic heterocycles. The molecule has 0 N–H and O–H groups in total. The van der Waals surface area contributed by atoms with Gasteiger partial charge in [-0.25, -0.2) is 0 Å². The highest BCUT2D eigenvalue weighted by molar-refractivity contribution is 5.69. The van der Waals surface area contributed by atoms with Crippen molar-refractivity contribution in [1.82, 2.24) is 0 Å². The molecule has 0 aliphatic carbocycles. The van der Waals surface area contributed by atoms with Crippen molar-refractivity contribution in [2.45, 2.75) is 20.0 Å². The maximum Gasteiger partial charge on any atom is 0.416 e. The largest absolute Gasteiger partial charge is 0.416 e.